The number of aryl methyl sites for hydroxylation is 2. The van der Waals surface area contributed by atoms with Gasteiger partial charge in [0.15, 0.2) is 0 Å². The number of nitrogens with one attached hydrogen (secondary N) is 4. The third-order valence-electron chi connectivity index (χ3n) is 12.6. The van der Waals surface area contributed by atoms with Gasteiger partial charge in [0.05, 0.1) is 36.8 Å². The maximum absolute atomic E-state index is 14.1. The van der Waals surface area contributed by atoms with Crippen LogP contribution in [-0.2, 0) is 27.2 Å². The molecule has 6 aromatic rings. The Hall–Kier alpha value is -6.96. The van der Waals surface area contributed by atoms with Crippen LogP contribution in [0.5, 0.6) is 0 Å². The Morgan fingerprint density at radius 3 is 2.15 bits per heavy atom. The number of H-pyrrole nitrogens is 2. The van der Waals surface area contributed by atoms with Gasteiger partial charge < -0.3 is 40.2 Å². The Labute approximate surface area is 359 Å². The predicted molar refractivity (Wildman–Crippen MR) is 234 cm³/mol. The Bertz CT molecular complexity index is 2670. The standard InChI is InChI=1S/C48H50N8O6/c1-27(2)40(53-47(59)60)45(57)55-21-7-11-38(55)43-49-26-37(51-43)34-16-15-30-23-29(13-14-31(30)25-34)32-17-19-35-33(24-32)18-20-36-42(35)52-44(50-36)39-12-8-22-56(39)46(58)41(54-48(61)62-3)28-9-5-4-6-10-28/h4-6,9-10,13-17,19,23-27,38-41,53H,7-8,11-12,18,20-22H2,1-3H3,(H,49,51)(H,50,52)(H,54,61)(H,59,60)/t38-,39-,40?,41?/m0/s1. The van der Waals surface area contributed by atoms with E-state index < -0.39 is 24.3 Å². The van der Waals surface area contributed by atoms with E-state index in [2.05, 4.69) is 75.2 Å². The molecule has 5 N–H and O–H groups in total. The van der Waals surface area contributed by atoms with Crippen molar-refractivity contribution in [1.82, 2.24) is 40.4 Å². The average molecular weight is 835 g/mol. The zero-order valence-corrected chi connectivity index (χ0v) is 35.0. The first-order valence-corrected chi connectivity index (χ1v) is 21.4. The van der Waals surface area contributed by atoms with E-state index in [1.54, 1.807) is 11.1 Å². The minimum Gasteiger partial charge on any atom is -0.465 e. The average Bonchev–Trinajstić information content (AvgIpc) is 4.13. The number of methoxy groups -OCH3 is 1. The molecule has 0 spiro atoms. The Kier molecular flexibility index (Phi) is 11.0. The zero-order chi connectivity index (χ0) is 43.1. The van der Waals surface area contributed by atoms with E-state index in [-0.39, 0.29) is 29.8 Å². The number of amides is 4. The van der Waals surface area contributed by atoms with Crippen molar-refractivity contribution in [1.29, 1.82) is 0 Å². The van der Waals surface area contributed by atoms with Gasteiger partial charge in [0, 0.05) is 29.9 Å². The summed E-state index contributed by atoms with van der Waals surface area (Å²) < 4.78 is 4.86. The molecule has 2 unspecified atom stereocenters. The lowest BCUT2D eigenvalue weighted by atomic mass is 9.89. The van der Waals surface area contributed by atoms with Crippen molar-refractivity contribution in [3.63, 3.8) is 0 Å². The van der Waals surface area contributed by atoms with E-state index in [0.717, 1.165) is 94.5 Å². The van der Waals surface area contributed by atoms with Gasteiger partial charge in [-0.2, -0.15) is 0 Å². The lowest BCUT2D eigenvalue weighted by molar-refractivity contribution is -0.135. The summed E-state index contributed by atoms with van der Waals surface area (Å²) in [5.41, 5.74) is 9.07. The second-order valence-electron chi connectivity index (χ2n) is 16.8. The fraction of sp³-hybridized carbons (Fsp3) is 0.333. The molecule has 318 valence electrons. The SMILES string of the molecule is COC(=O)NC(C(=O)N1CCC[C@H]1c1nc2c([nH]1)CCc1cc(-c3ccc4cc(-c5cnc([C@@H]6CCCN6C(=O)C(NC(=O)O)C(C)C)[nH]5)ccc4c3)ccc1-2)c1ccccc1. The van der Waals surface area contributed by atoms with Crippen molar-refractivity contribution in [2.45, 2.75) is 76.5 Å². The number of carbonyl (C=O) groups is 4. The van der Waals surface area contributed by atoms with E-state index in [9.17, 15) is 24.3 Å². The van der Waals surface area contributed by atoms with Crippen LogP contribution >= 0.6 is 0 Å². The predicted octanol–water partition coefficient (Wildman–Crippen LogP) is 8.10. The summed E-state index contributed by atoms with van der Waals surface area (Å²) >= 11 is 0. The van der Waals surface area contributed by atoms with Crippen LogP contribution in [0, 0.1) is 5.92 Å². The molecule has 2 aromatic heterocycles. The van der Waals surface area contributed by atoms with Crippen LogP contribution in [0.25, 0.3) is 44.4 Å². The van der Waals surface area contributed by atoms with Crippen molar-refractivity contribution >= 4 is 34.8 Å². The number of likely N-dealkylation sites (tertiary alicyclic amines) is 2. The van der Waals surface area contributed by atoms with Gasteiger partial charge in [0.2, 0.25) is 5.91 Å². The first-order valence-electron chi connectivity index (χ1n) is 21.4. The van der Waals surface area contributed by atoms with Gasteiger partial charge in [0.1, 0.15) is 23.7 Å². The quantitative estimate of drug-likeness (QED) is 0.0916. The summed E-state index contributed by atoms with van der Waals surface area (Å²) in [5, 5.41) is 16.7. The molecule has 4 aromatic carbocycles. The molecule has 14 heteroatoms. The van der Waals surface area contributed by atoms with Crippen LogP contribution < -0.4 is 10.6 Å². The molecule has 3 aliphatic rings. The van der Waals surface area contributed by atoms with Crippen molar-refractivity contribution in [3.8, 4) is 33.6 Å². The highest BCUT2D eigenvalue weighted by molar-refractivity contribution is 5.91. The van der Waals surface area contributed by atoms with Crippen LogP contribution in [0.1, 0.15) is 86.1 Å². The highest BCUT2D eigenvalue weighted by atomic mass is 16.5. The molecular weight excluding hydrogens is 785 g/mol. The fourth-order valence-corrected chi connectivity index (χ4v) is 9.44. The number of rotatable bonds is 10. The molecular formula is C48H50N8O6. The molecule has 9 rings (SSSR count). The molecule has 1 aliphatic carbocycles. The third kappa shape index (κ3) is 7.76. The van der Waals surface area contributed by atoms with Crippen LogP contribution in [0.15, 0.2) is 91.1 Å². The van der Waals surface area contributed by atoms with Gasteiger partial charge in [-0.25, -0.2) is 19.6 Å². The lowest BCUT2D eigenvalue weighted by Gasteiger charge is -2.29. The molecule has 4 amide bonds. The fourth-order valence-electron chi connectivity index (χ4n) is 9.44. The van der Waals surface area contributed by atoms with Crippen molar-refractivity contribution < 1.29 is 29.0 Å². The first kappa shape index (κ1) is 40.4. The van der Waals surface area contributed by atoms with E-state index in [4.69, 9.17) is 14.7 Å². The van der Waals surface area contributed by atoms with Gasteiger partial charge in [-0.05, 0) is 89.6 Å². The molecule has 4 heterocycles. The van der Waals surface area contributed by atoms with Crippen LogP contribution in [0.3, 0.4) is 0 Å². The summed E-state index contributed by atoms with van der Waals surface area (Å²) in [6.07, 6.45) is 4.76. The van der Waals surface area contributed by atoms with Crippen LogP contribution in [0.2, 0.25) is 0 Å². The summed E-state index contributed by atoms with van der Waals surface area (Å²) in [7, 11) is 1.29. The molecule has 0 saturated carbocycles. The molecule has 14 nitrogen and oxygen atoms in total. The number of hydrogen-bond donors (Lipinski definition) is 5. The van der Waals surface area contributed by atoms with Crippen LogP contribution in [0.4, 0.5) is 9.59 Å². The number of hydrogen-bond acceptors (Lipinski definition) is 7. The van der Waals surface area contributed by atoms with Gasteiger partial charge in [-0.15, -0.1) is 0 Å². The number of carboxylic acid groups (broad SMARTS) is 1. The van der Waals surface area contributed by atoms with Crippen molar-refractivity contribution in [2.75, 3.05) is 20.2 Å². The minimum absolute atomic E-state index is 0.189. The zero-order valence-electron chi connectivity index (χ0n) is 35.0. The Morgan fingerprint density at radius 2 is 1.44 bits per heavy atom. The second-order valence-corrected chi connectivity index (χ2v) is 16.8. The van der Waals surface area contributed by atoms with Gasteiger partial charge in [0.25, 0.3) is 5.91 Å². The first-order chi connectivity index (χ1) is 30.1. The number of fused-ring (bicyclic) bond motifs is 4. The Balaban J connectivity index is 0.912. The topological polar surface area (TPSA) is 186 Å². The number of nitrogens with zero attached hydrogens (tertiary/aromatic N) is 4. The van der Waals surface area contributed by atoms with E-state index in [1.807, 2.05) is 49.1 Å². The normalized spacial score (nSPS) is 18.0. The molecule has 62 heavy (non-hydrogen) atoms. The van der Waals surface area contributed by atoms with Gasteiger partial charge in [-0.1, -0.05) is 86.6 Å². The molecule has 2 aliphatic heterocycles. The summed E-state index contributed by atoms with van der Waals surface area (Å²) in [6, 6.07) is 26.4. The van der Waals surface area contributed by atoms with Gasteiger partial charge in [-0.3, -0.25) is 9.59 Å². The molecule has 0 bridgehead atoms. The minimum atomic E-state index is -1.21. The lowest BCUT2D eigenvalue weighted by Crippen LogP contribution is -2.50. The number of carbonyl (C=O) groups excluding carboxylic acids is 3. The highest BCUT2D eigenvalue weighted by Gasteiger charge is 2.39. The highest BCUT2D eigenvalue weighted by Crippen LogP contribution is 2.40. The van der Waals surface area contributed by atoms with E-state index in [1.165, 1.54) is 12.7 Å². The van der Waals surface area contributed by atoms with E-state index in [0.29, 0.717) is 24.5 Å². The third-order valence-corrected chi connectivity index (χ3v) is 12.6. The number of benzene rings is 4. The van der Waals surface area contributed by atoms with Crippen molar-refractivity contribution in [3.05, 3.63) is 120 Å². The summed E-state index contributed by atoms with van der Waals surface area (Å²) in [5.74, 6) is 0.855. The molecule has 4 atom stereocenters. The largest absolute Gasteiger partial charge is 0.465 e. The molecule has 2 saturated heterocycles. The maximum Gasteiger partial charge on any atom is 0.407 e. The number of alkyl carbamates (subject to hydrolysis) is 1. The summed E-state index contributed by atoms with van der Waals surface area (Å²) in [6.45, 7) is 4.79. The number of aromatic amines is 2. The Morgan fingerprint density at radius 1 is 0.774 bits per heavy atom. The van der Waals surface area contributed by atoms with Crippen molar-refractivity contribution in [2.24, 2.45) is 5.92 Å². The summed E-state index contributed by atoms with van der Waals surface area (Å²) in [4.78, 5) is 71.7. The number of imidazole rings is 2. The number of ether oxygens (including phenoxy) is 1. The molecule has 0 radical (unpaired) electrons. The van der Waals surface area contributed by atoms with E-state index >= 15 is 0 Å². The smallest absolute Gasteiger partial charge is 0.407 e. The number of aromatic nitrogens is 4. The second kappa shape index (κ2) is 16.8. The van der Waals surface area contributed by atoms with Crippen LogP contribution in [-0.4, -0.2) is 85.1 Å². The van der Waals surface area contributed by atoms with Gasteiger partial charge >= 0.3 is 12.2 Å². The molecule has 2 fully saturated rings. The monoisotopic (exact) mass is 834 g/mol. The maximum atomic E-state index is 14.1.